The van der Waals surface area contributed by atoms with Crippen LogP contribution >= 0.6 is 0 Å². The van der Waals surface area contributed by atoms with E-state index in [9.17, 15) is 4.79 Å². The van der Waals surface area contributed by atoms with Crippen molar-refractivity contribution in [2.45, 2.75) is 51.7 Å². The first-order chi connectivity index (χ1) is 10.1. The molecule has 0 unspecified atom stereocenters. The molecule has 1 aromatic rings. The van der Waals surface area contributed by atoms with E-state index in [2.05, 4.69) is 10.3 Å². The molecule has 1 N–H and O–H groups in total. The van der Waals surface area contributed by atoms with Crippen LogP contribution in [0.25, 0.3) is 0 Å². The Kier molecular flexibility index (Phi) is 5.15. The Balaban J connectivity index is 1.78. The lowest BCUT2D eigenvalue weighted by Crippen LogP contribution is -2.41. The second-order valence-corrected chi connectivity index (χ2v) is 5.75. The fourth-order valence-corrected chi connectivity index (χ4v) is 2.38. The number of nitrogens with zero attached hydrogens (tertiary/aromatic N) is 2. The van der Waals surface area contributed by atoms with Crippen LogP contribution in [0.2, 0.25) is 0 Å². The molecule has 5 nitrogen and oxygen atoms in total. The third kappa shape index (κ3) is 4.45. The van der Waals surface area contributed by atoms with Crippen LogP contribution in [0.3, 0.4) is 0 Å². The highest BCUT2D eigenvalue weighted by Gasteiger charge is 2.24. The van der Waals surface area contributed by atoms with Crippen LogP contribution in [0.4, 0.5) is 0 Å². The third-order valence-corrected chi connectivity index (χ3v) is 3.70. The number of aromatic nitrogens is 1. The van der Waals surface area contributed by atoms with Crippen molar-refractivity contribution in [3.05, 3.63) is 23.9 Å². The van der Waals surface area contributed by atoms with Crippen LogP contribution in [0.1, 0.15) is 45.1 Å². The van der Waals surface area contributed by atoms with Gasteiger partial charge in [-0.1, -0.05) is 13.8 Å². The molecule has 0 spiro atoms. The van der Waals surface area contributed by atoms with E-state index in [1.165, 1.54) is 6.20 Å². The van der Waals surface area contributed by atoms with Crippen LogP contribution in [-0.4, -0.2) is 23.0 Å². The number of hydrogen-bond donors (Lipinski definition) is 1. The highest BCUT2D eigenvalue weighted by atomic mass is 16.5. The number of rotatable bonds is 4. The first-order valence-corrected chi connectivity index (χ1v) is 7.41. The second-order valence-electron chi connectivity index (χ2n) is 5.75. The van der Waals surface area contributed by atoms with Crippen LogP contribution in [0.5, 0.6) is 5.88 Å². The maximum Gasteiger partial charge on any atom is 0.222 e. The summed E-state index contributed by atoms with van der Waals surface area (Å²) < 4.78 is 5.82. The molecule has 1 heterocycles. The number of carbonyl (C=O) groups excluding carboxylic acids is 1. The molecule has 1 amide bonds. The number of nitriles is 1. The minimum Gasteiger partial charge on any atom is -0.474 e. The lowest BCUT2D eigenvalue weighted by atomic mass is 9.92. The lowest BCUT2D eigenvalue weighted by molar-refractivity contribution is -0.125. The van der Waals surface area contributed by atoms with Gasteiger partial charge in [0.05, 0.1) is 5.56 Å². The zero-order chi connectivity index (χ0) is 15.2. The SMILES string of the molecule is CC(C)C(=O)NC1CCC(Oc2ccc(C#N)cn2)CC1. The number of carbonyl (C=O) groups is 1. The Morgan fingerprint density at radius 3 is 2.62 bits per heavy atom. The Hall–Kier alpha value is -2.09. The van der Waals surface area contributed by atoms with Crippen molar-refractivity contribution in [3.8, 4) is 11.9 Å². The van der Waals surface area contributed by atoms with Gasteiger partial charge in [-0.2, -0.15) is 5.26 Å². The molecular formula is C16H21N3O2. The average molecular weight is 287 g/mol. The molecule has 112 valence electrons. The molecule has 1 aliphatic rings. The lowest BCUT2D eigenvalue weighted by Gasteiger charge is -2.29. The van der Waals surface area contributed by atoms with E-state index >= 15 is 0 Å². The van der Waals surface area contributed by atoms with Crippen molar-refractivity contribution in [1.29, 1.82) is 5.26 Å². The summed E-state index contributed by atoms with van der Waals surface area (Å²) in [5.74, 6) is 0.707. The van der Waals surface area contributed by atoms with Crippen LogP contribution in [-0.2, 0) is 4.79 Å². The molecule has 0 radical (unpaired) electrons. The summed E-state index contributed by atoms with van der Waals surface area (Å²) in [5, 5.41) is 11.8. The molecule has 0 bridgehead atoms. The number of pyridine rings is 1. The van der Waals surface area contributed by atoms with E-state index in [0.29, 0.717) is 11.4 Å². The predicted molar refractivity (Wildman–Crippen MR) is 78.6 cm³/mol. The summed E-state index contributed by atoms with van der Waals surface area (Å²) in [6.07, 6.45) is 5.33. The normalized spacial score (nSPS) is 21.6. The van der Waals surface area contributed by atoms with Gasteiger partial charge in [-0.15, -0.1) is 0 Å². The number of nitrogens with one attached hydrogen (secondary N) is 1. The number of ether oxygens (including phenoxy) is 1. The van der Waals surface area contributed by atoms with Crippen molar-refractivity contribution in [1.82, 2.24) is 10.3 Å². The zero-order valence-corrected chi connectivity index (χ0v) is 12.5. The smallest absolute Gasteiger partial charge is 0.222 e. The summed E-state index contributed by atoms with van der Waals surface area (Å²) in [4.78, 5) is 15.8. The van der Waals surface area contributed by atoms with Gasteiger partial charge < -0.3 is 10.1 Å². The quantitative estimate of drug-likeness (QED) is 0.922. The van der Waals surface area contributed by atoms with Gasteiger partial charge in [0, 0.05) is 24.2 Å². The zero-order valence-electron chi connectivity index (χ0n) is 12.5. The molecule has 5 heteroatoms. The predicted octanol–water partition coefficient (Wildman–Crippen LogP) is 2.42. The van der Waals surface area contributed by atoms with Crippen molar-refractivity contribution in [2.75, 3.05) is 0 Å². The molecule has 1 aromatic heterocycles. The van der Waals surface area contributed by atoms with Gasteiger partial charge in [0.1, 0.15) is 12.2 Å². The average Bonchev–Trinajstić information content (AvgIpc) is 2.50. The molecule has 1 fully saturated rings. The van der Waals surface area contributed by atoms with Gasteiger partial charge in [-0.3, -0.25) is 4.79 Å². The van der Waals surface area contributed by atoms with Gasteiger partial charge in [-0.05, 0) is 31.7 Å². The van der Waals surface area contributed by atoms with E-state index in [1.54, 1.807) is 12.1 Å². The number of amides is 1. The monoisotopic (exact) mass is 287 g/mol. The maximum absolute atomic E-state index is 11.7. The highest BCUT2D eigenvalue weighted by Crippen LogP contribution is 2.23. The van der Waals surface area contributed by atoms with E-state index in [4.69, 9.17) is 10.00 Å². The van der Waals surface area contributed by atoms with Crippen LogP contribution in [0.15, 0.2) is 18.3 Å². The van der Waals surface area contributed by atoms with Gasteiger partial charge >= 0.3 is 0 Å². The largest absolute Gasteiger partial charge is 0.474 e. The minimum absolute atomic E-state index is 0.0295. The van der Waals surface area contributed by atoms with E-state index < -0.39 is 0 Å². The molecule has 0 saturated heterocycles. The van der Waals surface area contributed by atoms with Gasteiger partial charge in [0.25, 0.3) is 0 Å². The van der Waals surface area contributed by atoms with Crippen molar-refractivity contribution < 1.29 is 9.53 Å². The molecule has 0 aliphatic heterocycles. The van der Waals surface area contributed by atoms with Crippen molar-refractivity contribution >= 4 is 5.91 Å². The first kappa shape index (κ1) is 15.3. The molecule has 1 aliphatic carbocycles. The fourth-order valence-electron chi connectivity index (χ4n) is 2.38. The molecule has 1 saturated carbocycles. The summed E-state index contributed by atoms with van der Waals surface area (Å²) in [7, 11) is 0. The summed E-state index contributed by atoms with van der Waals surface area (Å²) in [6.45, 7) is 3.81. The summed E-state index contributed by atoms with van der Waals surface area (Å²) in [6, 6.07) is 5.72. The van der Waals surface area contributed by atoms with Crippen LogP contribution < -0.4 is 10.1 Å². The Morgan fingerprint density at radius 1 is 1.38 bits per heavy atom. The molecule has 0 aromatic carbocycles. The van der Waals surface area contributed by atoms with E-state index in [1.807, 2.05) is 19.9 Å². The Labute approximate surface area is 125 Å². The third-order valence-electron chi connectivity index (χ3n) is 3.70. The minimum atomic E-state index is 0.0295. The fraction of sp³-hybridized carbons (Fsp3) is 0.562. The standard InChI is InChI=1S/C16H21N3O2/c1-11(2)16(20)19-13-4-6-14(7-5-13)21-15-8-3-12(9-17)10-18-15/h3,8,10-11,13-14H,4-7H2,1-2H3,(H,19,20). The summed E-state index contributed by atoms with van der Waals surface area (Å²) in [5.41, 5.74) is 0.530. The van der Waals surface area contributed by atoms with E-state index in [0.717, 1.165) is 25.7 Å². The molecular weight excluding hydrogens is 266 g/mol. The van der Waals surface area contributed by atoms with Gasteiger partial charge in [0.2, 0.25) is 11.8 Å². The molecule has 2 rings (SSSR count). The van der Waals surface area contributed by atoms with Crippen molar-refractivity contribution in [3.63, 3.8) is 0 Å². The van der Waals surface area contributed by atoms with Crippen LogP contribution in [0, 0.1) is 17.2 Å². The second kappa shape index (κ2) is 7.07. The first-order valence-electron chi connectivity index (χ1n) is 7.41. The summed E-state index contributed by atoms with van der Waals surface area (Å²) >= 11 is 0. The Morgan fingerprint density at radius 2 is 2.10 bits per heavy atom. The topological polar surface area (TPSA) is 75.0 Å². The maximum atomic E-state index is 11.7. The van der Waals surface area contributed by atoms with Crippen molar-refractivity contribution in [2.24, 2.45) is 5.92 Å². The van der Waals surface area contributed by atoms with E-state index in [-0.39, 0.29) is 24.0 Å². The highest BCUT2D eigenvalue weighted by molar-refractivity contribution is 5.78. The Bertz CT molecular complexity index is 511. The molecule has 21 heavy (non-hydrogen) atoms. The molecule has 0 atom stereocenters. The van der Waals surface area contributed by atoms with Gasteiger partial charge in [-0.25, -0.2) is 4.98 Å². The van der Waals surface area contributed by atoms with Gasteiger partial charge in [0.15, 0.2) is 0 Å². The number of hydrogen-bond acceptors (Lipinski definition) is 4.